The average molecular weight is 450 g/mol. The van der Waals surface area contributed by atoms with Gasteiger partial charge in [-0.1, -0.05) is 54.6 Å². The van der Waals surface area contributed by atoms with Gasteiger partial charge in [-0.25, -0.2) is 4.79 Å². The number of rotatable bonds is 6. The third-order valence-corrected chi connectivity index (χ3v) is 6.81. The van der Waals surface area contributed by atoms with Crippen molar-refractivity contribution in [2.75, 3.05) is 7.05 Å². The number of nitro benzene ring substituents is 1. The fourth-order valence-corrected chi connectivity index (χ4v) is 5.22. The van der Waals surface area contributed by atoms with E-state index in [2.05, 4.69) is 0 Å². The van der Waals surface area contributed by atoms with Gasteiger partial charge in [0.1, 0.15) is 5.41 Å². The van der Waals surface area contributed by atoms with Crippen LogP contribution in [0.2, 0.25) is 0 Å². The Morgan fingerprint density at radius 1 is 1.12 bits per heavy atom. The van der Waals surface area contributed by atoms with Gasteiger partial charge in [0.25, 0.3) is 5.69 Å². The number of carbonyl (C=O) groups is 2. The second kappa shape index (κ2) is 8.54. The minimum absolute atomic E-state index is 0.119. The van der Waals surface area contributed by atoms with Gasteiger partial charge in [-0.15, -0.1) is 0 Å². The molecule has 1 heterocycles. The van der Waals surface area contributed by atoms with E-state index in [1.807, 2.05) is 0 Å². The fourth-order valence-electron chi connectivity index (χ4n) is 5.22. The highest BCUT2D eigenvalue weighted by Crippen LogP contribution is 2.57. The molecular weight excluding hydrogens is 424 g/mol. The van der Waals surface area contributed by atoms with Crippen molar-refractivity contribution < 1.29 is 24.7 Å². The number of nitrogens with zero attached hydrogens (tertiary/aromatic N) is 2. The number of carboxylic acid groups (broad SMARTS) is 2. The van der Waals surface area contributed by atoms with Crippen molar-refractivity contribution in [3.63, 3.8) is 0 Å². The second-order valence-electron chi connectivity index (χ2n) is 8.28. The van der Waals surface area contributed by atoms with Gasteiger partial charge in [0, 0.05) is 30.8 Å². The number of aliphatic carboxylic acids is 2. The quantitative estimate of drug-likeness (QED) is 0.381. The normalized spacial score (nSPS) is 25.3. The predicted molar refractivity (Wildman–Crippen MR) is 123 cm³/mol. The molecule has 3 unspecified atom stereocenters. The van der Waals surface area contributed by atoms with Gasteiger partial charge in [0.2, 0.25) is 0 Å². The summed E-state index contributed by atoms with van der Waals surface area (Å²) in [4.78, 5) is 38.6. The van der Waals surface area contributed by atoms with E-state index in [9.17, 15) is 29.9 Å². The number of non-ortho nitro benzene ring substituents is 1. The number of carboxylic acids is 2. The van der Waals surface area contributed by atoms with Crippen molar-refractivity contribution in [1.82, 2.24) is 4.90 Å². The van der Waals surface area contributed by atoms with Gasteiger partial charge in [0.15, 0.2) is 0 Å². The summed E-state index contributed by atoms with van der Waals surface area (Å²) < 4.78 is 0. The number of likely N-dealkylation sites (N-methyl/N-ethyl adjacent to an activating group) is 1. The molecule has 0 saturated carbocycles. The Morgan fingerprint density at radius 2 is 1.76 bits per heavy atom. The van der Waals surface area contributed by atoms with Crippen LogP contribution in [0.15, 0.2) is 78.0 Å². The Bertz CT molecular complexity index is 1170. The molecule has 3 rings (SSSR count). The van der Waals surface area contributed by atoms with E-state index in [0.29, 0.717) is 11.3 Å². The van der Waals surface area contributed by atoms with Crippen LogP contribution in [-0.4, -0.2) is 44.6 Å². The van der Waals surface area contributed by atoms with Crippen LogP contribution in [0.3, 0.4) is 0 Å². The van der Waals surface area contributed by atoms with Crippen LogP contribution in [0.4, 0.5) is 5.69 Å². The van der Waals surface area contributed by atoms with Crippen molar-refractivity contribution in [3.05, 3.63) is 99.3 Å². The van der Waals surface area contributed by atoms with Crippen molar-refractivity contribution in [3.8, 4) is 0 Å². The van der Waals surface area contributed by atoms with Crippen LogP contribution in [0.25, 0.3) is 0 Å². The highest BCUT2D eigenvalue weighted by Gasteiger charge is 2.65. The van der Waals surface area contributed by atoms with Crippen molar-refractivity contribution in [1.29, 1.82) is 0 Å². The molecule has 1 aliphatic rings. The highest BCUT2D eigenvalue weighted by molar-refractivity contribution is 5.96. The summed E-state index contributed by atoms with van der Waals surface area (Å²) in [5, 5.41) is 32.7. The minimum atomic E-state index is -1.82. The maximum Gasteiger partial charge on any atom is 0.334 e. The third-order valence-electron chi connectivity index (χ3n) is 6.81. The van der Waals surface area contributed by atoms with Crippen molar-refractivity contribution >= 4 is 17.6 Å². The number of hydrogen-bond acceptors (Lipinski definition) is 5. The Hall–Kier alpha value is -3.94. The Balaban J connectivity index is 2.60. The molecule has 0 aliphatic carbocycles. The monoisotopic (exact) mass is 450 g/mol. The maximum absolute atomic E-state index is 13.4. The van der Waals surface area contributed by atoms with Gasteiger partial charge in [-0.3, -0.25) is 14.9 Å². The van der Waals surface area contributed by atoms with E-state index in [1.54, 1.807) is 81.3 Å². The van der Waals surface area contributed by atoms with E-state index in [0.717, 1.165) is 0 Å². The Morgan fingerprint density at radius 3 is 2.27 bits per heavy atom. The lowest BCUT2D eigenvalue weighted by molar-refractivity contribution is -0.384. The summed E-state index contributed by atoms with van der Waals surface area (Å²) in [7, 11) is 1.67. The molecular formula is C25H26N2O6. The fraction of sp³-hybridized carbons (Fsp3) is 0.280. The van der Waals surface area contributed by atoms with Crippen LogP contribution in [0, 0.1) is 10.1 Å². The lowest BCUT2D eigenvalue weighted by Gasteiger charge is -2.58. The average Bonchev–Trinajstić information content (AvgIpc) is 2.77. The molecule has 2 N–H and O–H groups in total. The van der Waals surface area contributed by atoms with Crippen LogP contribution in [0.1, 0.15) is 37.8 Å². The molecule has 8 heteroatoms. The van der Waals surface area contributed by atoms with Crippen LogP contribution in [0.5, 0.6) is 0 Å². The lowest BCUT2D eigenvalue weighted by atomic mass is 9.52. The zero-order valence-corrected chi connectivity index (χ0v) is 18.9. The van der Waals surface area contributed by atoms with Crippen LogP contribution >= 0.6 is 0 Å². The first-order valence-electron chi connectivity index (χ1n) is 10.4. The summed E-state index contributed by atoms with van der Waals surface area (Å²) in [5.74, 6) is -3.73. The molecule has 0 fully saturated rings. The number of nitro groups is 1. The zero-order chi connectivity index (χ0) is 24.6. The minimum Gasteiger partial charge on any atom is -0.480 e. The molecule has 3 atom stereocenters. The van der Waals surface area contributed by atoms with Gasteiger partial charge < -0.3 is 15.1 Å². The molecule has 0 amide bonds. The van der Waals surface area contributed by atoms with Gasteiger partial charge in [0.05, 0.1) is 16.0 Å². The van der Waals surface area contributed by atoms with E-state index >= 15 is 0 Å². The number of hydrogen-bond donors (Lipinski definition) is 2. The van der Waals surface area contributed by atoms with E-state index in [1.165, 1.54) is 18.2 Å². The Kier molecular flexibility index (Phi) is 6.14. The van der Waals surface area contributed by atoms with Crippen LogP contribution in [-0.2, 0) is 15.0 Å². The smallest absolute Gasteiger partial charge is 0.334 e. The molecule has 33 heavy (non-hydrogen) atoms. The maximum atomic E-state index is 13.4. The SMILES string of the molecule is CC=CC1(C)N(C)C(C)=C(C(=O)O)C(c2cccc([N+](=O)[O-])c2)C1(C(=O)O)c1ccccc1. The summed E-state index contributed by atoms with van der Waals surface area (Å²) in [6, 6.07) is 14.0. The topological polar surface area (TPSA) is 121 Å². The second-order valence-corrected chi connectivity index (χ2v) is 8.28. The molecule has 0 spiro atoms. The zero-order valence-electron chi connectivity index (χ0n) is 18.9. The van der Waals surface area contributed by atoms with Crippen molar-refractivity contribution in [2.24, 2.45) is 0 Å². The molecule has 0 bridgehead atoms. The van der Waals surface area contributed by atoms with Crippen LogP contribution < -0.4 is 0 Å². The van der Waals surface area contributed by atoms with Crippen molar-refractivity contribution in [2.45, 2.75) is 37.6 Å². The molecule has 2 aromatic carbocycles. The summed E-state index contributed by atoms with van der Waals surface area (Å²) in [6.07, 6.45) is 3.49. The first-order chi connectivity index (χ1) is 15.5. The van der Waals surface area contributed by atoms with Gasteiger partial charge >= 0.3 is 11.9 Å². The molecule has 1 aliphatic heterocycles. The number of allylic oxidation sites excluding steroid dienone is 2. The third kappa shape index (κ3) is 3.38. The highest BCUT2D eigenvalue weighted by atomic mass is 16.6. The van der Waals surface area contributed by atoms with E-state index < -0.39 is 33.7 Å². The molecule has 0 saturated heterocycles. The largest absolute Gasteiger partial charge is 0.480 e. The number of benzene rings is 2. The molecule has 0 radical (unpaired) electrons. The molecule has 2 aromatic rings. The first kappa shape index (κ1) is 23.7. The molecule has 172 valence electrons. The summed E-state index contributed by atoms with van der Waals surface area (Å²) in [6.45, 7) is 5.15. The summed E-state index contributed by atoms with van der Waals surface area (Å²) in [5.41, 5.74) is -2.37. The molecule has 0 aromatic heterocycles. The Labute approximate surface area is 191 Å². The van der Waals surface area contributed by atoms with Gasteiger partial charge in [-0.2, -0.15) is 0 Å². The van der Waals surface area contributed by atoms with Gasteiger partial charge in [-0.05, 0) is 31.9 Å². The lowest BCUT2D eigenvalue weighted by Crippen LogP contribution is -2.67. The first-order valence-corrected chi connectivity index (χ1v) is 10.4. The summed E-state index contributed by atoms with van der Waals surface area (Å²) >= 11 is 0. The standard InChI is InChI=1S/C25H26N2O6/c1-5-14-24(3)25(23(30)31,18-11-7-6-8-12-18)21(20(22(28)29)16(2)26(24)4)17-10-9-13-19(15-17)27(32)33/h5-15,21H,1-4H3,(H,28,29)(H,30,31). The van der Waals surface area contributed by atoms with E-state index in [-0.39, 0.29) is 16.8 Å². The predicted octanol–water partition coefficient (Wildman–Crippen LogP) is 4.34. The van der Waals surface area contributed by atoms with E-state index in [4.69, 9.17) is 0 Å². The molecule has 8 nitrogen and oxygen atoms in total.